The van der Waals surface area contributed by atoms with E-state index in [2.05, 4.69) is 33.2 Å². The summed E-state index contributed by atoms with van der Waals surface area (Å²) in [6, 6.07) is 21.4. The third-order valence-corrected chi connectivity index (χ3v) is 14.0. The molecule has 2 fully saturated rings. The molecule has 2 saturated carbocycles. The second-order valence-corrected chi connectivity index (χ2v) is 19.2. The Labute approximate surface area is 414 Å². The lowest BCUT2D eigenvalue weighted by molar-refractivity contribution is -0.196. The molecule has 0 spiro atoms. The number of amides is 1. The van der Waals surface area contributed by atoms with E-state index in [1.54, 1.807) is 30.3 Å². The maximum absolute atomic E-state index is 13.9. The lowest BCUT2D eigenvalue weighted by Gasteiger charge is -2.29. The number of nitrogens with two attached hydrogens (primary N) is 1. The number of alkyl halides is 6. The summed E-state index contributed by atoms with van der Waals surface area (Å²) in [6.07, 6.45) is -4.17. The van der Waals surface area contributed by atoms with Crippen LogP contribution in [0.15, 0.2) is 85.2 Å². The number of hydrogen-bond donors (Lipinski definition) is 3. The zero-order chi connectivity index (χ0) is 52.9. The molecule has 4 N–H and O–H groups in total. The zero-order valence-corrected chi connectivity index (χ0v) is 42.1. The summed E-state index contributed by atoms with van der Waals surface area (Å²) in [5.74, 6) is -3.47. The predicted molar refractivity (Wildman–Crippen MR) is 262 cm³/mol. The molecule has 71 heavy (non-hydrogen) atoms. The molecule has 0 bridgehead atoms. The minimum atomic E-state index is -4.38. The maximum atomic E-state index is 13.9. The number of halogens is 6. The van der Waals surface area contributed by atoms with Crippen LogP contribution in [0.3, 0.4) is 0 Å². The van der Waals surface area contributed by atoms with Crippen molar-refractivity contribution in [2.75, 3.05) is 41.3 Å². The van der Waals surface area contributed by atoms with E-state index in [0.29, 0.717) is 49.7 Å². The molecular formula is C54H70F6N6O5. The van der Waals surface area contributed by atoms with Crippen LogP contribution in [0.1, 0.15) is 131 Å². The quantitative estimate of drug-likeness (QED) is 0.0542. The predicted octanol–water partition coefficient (Wildman–Crippen LogP) is 10.1. The fraction of sp³-hybridized carbons (Fsp3) is 0.519. The minimum Gasteiger partial charge on any atom is -0.481 e. The number of carboxylic acids is 1. The molecule has 2 aromatic heterocycles. The normalized spacial score (nSPS) is 16.3. The third-order valence-electron chi connectivity index (χ3n) is 14.0. The first-order chi connectivity index (χ1) is 33.3. The number of benzene rings is 2. The molecule has 4 aromatic rings. The summed E-state index contributed by atoms with van der Waals surface area (Å²) in [5, 5.41) is 11.7. The number of ketones is 2. The number of hydrogen-bond acceptors (Lipinski definition) is 9. The van der Waals surface area contributed by atoms with Crippen molar-refractivity contribution in [3.63, 3.8) is 0 Å². The highest BCUT2D eigenvalue weighted by Crippen LogP contribution is 2.67. The molecule has 0 saturated heterocycles. The Kier molecular flexibility index (Phi) is 20.6. The molecule has 0 aliphatic heterocycles. The van der Waals surface area contributed by atoms with Crippen LogP contribution in [0.25, 0.3) is 0 Å². The van der Waals surface area contributed by atoms with Gasteiger partial charge in [0.1, 0.15) is 0 Å². The number of rotatable bonds is 21. The smallest absolute Gasteiger partial charge is 0.395 e. The number of nitrogens with one attached hydrogen (secondary N) is 1. The van der Waals surface area contributed by atoms with Crippen LogP contribution in [0, 0.1) is 24.7 Å². The minimum absolute atomic E-state index is 0.0150. The second kappa shape index (κ2) is 25.2. The highest BCUT2D eigenvalue weighted by molar-refractivity contribution is 5.96. The number of aryl methyl sites for hydroxylation is 2. The van der Waals surface area contributed by atoms with Crippen LogP contribution in [-0.4, -0.2) is 114 Å². The van der Waals surface area contributed by atoms with Gasteiger partial charge in [0.15, 0.2) is 11.6 Å². The fourth-order valence-corrected chi connectivity index (χ4v) is 8.95. The Morgan fingerprint density at radius 1 is 0.662 bits per heavy atom. The van der Waals surface area contributed by atoms with Crippen molar-refractivity contribution in [1.29, 1.82) is 0 Å². The Balaban J connectivity index is 0.000000255. The van der Waals surface area contributed by atoms with Crippen LogP contribution >= 0.6 is 0 Å². The molecule has 2 aliphatic rings. The Hall–Kier alpha value is -5.52. The second-order valence-electron chi connectivity index (χ2n) is 19.2. The molecule has 0 radical (unpaired) electrons. The first-order valence-electron chi connectivity index (χ1n) is 24.1. The number of pyridine rings is 2. The van der Waals surface area contributed by atoms with Gasteiger partial charge in [-0.3, -0.25) is 29.1 Å². The van der Waals surface area contributed by atoms with Crippen molar-refractivity contribution in [1.82, 2.24) is 25.1 Å². The average molecular weight is 997 g/mol. The third kappa shape index (κ3) is 15.5. The number of aromatic nitrogens is 2. The van der Waals surface area contributed by atoms with E-state index in [1.807, 2.05) is 84.2 Å². The molecule has 6 rings (SSSR count). The molecule has 1 amide bonds. The highest BCUT2D eigenvalue weighted by atomic mass is 19.4. The molecule has 11 nitrogen and oxygen atoms in total. The van der Waals surface area contributed by atoms with E-state index in [0.717, 1.165) is 23.1 Å². The fourth-order valence-electron chi connectivity index (χ4n) is 8.95. The first kappa shape index (κ1) is 58.1. The van der Waals surface area contributed by atoms with Gasteiger partial charge < -0.3 is 26.0 Å². The van der Waals surface area contributed by atoms with Crippen molar-refractivity contribution in [3.8, 4) is 0 Å². The molecule has 4 atom stereocenters. The van der Waals surface area contributed by atoms with Gasteiger partial charge >= 0.3 is 18.3 Å². The molecule has 17 heteroatoms. The van der Waals surface area contributed by atoms with Gasteiger partial charge in [-0.1, -0.05) is 50.2 Å². The summed E-state index contributed by atoms with van der Waals surface area (Å²) in [6.45, 7) is 8.68. The van der Waals surface area contributed by atoms with Crippen molar-refractivity contribution in [2.45, 2.75) is 128 Å². The van der Waals surface area contributed by atoms with E-state index in [4.69, 9.17) is 10.8 Å². The standard InChI is InChI=1S/C27H34F3N3O2.C15H24N2O.C12H12F3NO2/c1-5-24(34)20-10-9-19(18(2)14-20)15-21(33(3)4)17-32-25(35)16-22(23-8-6-7-13-31-23)26(11-12-26)27(28,29)30;1-5-15(18)13-7-6-12(11(2)8-13)9-14(10-16)17(3)4;13-12(14,15)11(4-5-11)8(7-10(17)18)9-3-1-2-6-16-9/h6-10,13-14,21-22H,5,11-12,15-17H2,1-4H3,(H,32,35);6-8,14H,5,9-10,16H2,1-4H3;1-3,6,8H,4-5,7H2,(H,17,18)/t21-,22?;14-;/m00./s1. The Morgan fingerprint density at radius 2 is 1.07 bits per heavy atom. The molecule has 388 valence electrons. The number of carbonyl (C=O) groups is 4. The number of aliphatic carboxylic acids is 1. The number of carbonyl (C=O) groups excluding carboxylic acids is 3. The molecule has 2 heterocycles. The van der Waals surface area contributed by atoms with Gasteiger partial charge in [-0.25, -0.2) is 0 Å². The lowest BCUT2D eigenvalue weighted by atomic mass is 9.82. The van der Waals surface area contributed by atoms with Crippen LogP contribution in [0.2, 0.25) is 0 Å². The van der Waals surface area contributed by atoms with Gasteiger partial charge in [0.05, 0.1) is 17.3 Å². The maximum Gasteiger partial charge on any atom is 0.395 e. The number of likely N-dealkylation sites (N-methyl/N-ethyl adjacent to an activating group) is 2. The van der Waals surface area contributed by atoms with Crippen LogP contribution in [0.5, 0.6) is 0 Å². The monoisotopic (exact) mass is 997 g/mol. The molecule has 2 unspecified atom stereocenters. The van der Waals surface area contributed by atoms with Crippen LogP contribution in [0.4, 0.5) is 26.3 Å². The van der Waals surface area contributed by atoms with Gasteiger partial charge in [0.25, 0.3) is 0 Å². The highest BCUT2D eigenvalue weighted by Gasteiger charge is 2.68. The van der Waals surface area contributed by atoms with Gasteiger partial charge in [-0.15, -0.1) is 0 Å². The average Bonchev–Trinajstić information content (AvgIpc) is 4.27. The summed E-state index contributed by atoms with van der Waals surface area (Å²) >= 11 is 0. The Bertz CT molecular complexity index is 2390. The summed E-state index contributed by atoms with van der Waals surface area (Å²) < 4.78 is 80.9. The Morgan fingerprint density at radius 3 is 1.38 bits per heavy atom. The van der Waals surface area contributed by atoms with E-state index >= 15 is 0 Å². The summed E-state index contributed by atoms with van der Waals surface area (Å²) in [7, 11) is 7.89. The van der Waals surface area contributed by atoms with E-state index in [1.165, 1.54) is 29.6 Å². The number of Topliss-reactive ketones (excluding diaryl/α,β-unsaturated/α-hetero) is 2. The van der Waals surface area contributed by atoms with Crippen LogP contribution in [-0.2, 0) is 22.4 Å². The van der Waals surface area contributed by atoms with Crippen molar-refractivity contribution in [3.05, 3.63) is 130 Å². The van der Waals surface area contributed by atoms with E-state index in [-0.39, 0.29) is 55.4 Å². The first-order valence-corrected chi connectivity index (χ1v) is 24.1. The number of carboxylic acid groups (broad SMARTS) is 1. The van der Waals surface area contributed by atoms with Crippen LogP contribution < -0.4 is 11.1 Å². The summed E-state index contributed by atoms with van der Waals surface area (Å²) in [4.78, 5) is 59.4. The van der Waals surface area contributed by atoms with E-state index < -0.39 is 53.3 Å². The lowest BCUT2D eigenvalue weighted by Crippen LogP contribution is -2.43. The van der Waals surface area contributed by atoms with Crippen molar-refractivity contribution < 1.29 is 50.6 Å². The molecule has 2 aliphatic carbocycles. The summed E-state index contributed by atoms with van der Waals surface area (Å²) in [5.41, 5.74) is 8.50. The number of nitrogens with zero attached hydrogens (tertiary/aromatic N) is 4. The topological polar surface area (TPSA) is 159 Å². The van der Waals surface area contributed by atoms with Gasteiger partial charge in [-0.05, 0) is 139 Å². The van der Waals surface area contributed by atoms with Gasteiger partial charge in [0, 0.05) is 91.2 Å². The largest absolute Gasteiger partial charge is 0.481 e. The van der Waals surface area contributed by atoms with Gasteiger partial charge in [-0.2, -0.15) is 26.3 Å². The zero-order valence-electron chi connectivity index (χ0n) is 42.1. The van der Waals surface area contributed by atoms with E-state index in [9.17, 15) is 45.5 Å². The molecule has 2 aromatic carbocycles. The van der Waals surface area contributed by atoms with Gasteiger partial charge in [0.2, 0.25) is 5.91 Å². The van der Waals surface area contributed by atoms with Crippen molar-refractivity contribution in [2.24, 2.45) is 16.6 Å². The van der Waals surface area contributed by atoms with Crippen molar-refractivity contribution >= 4 is 23.4 Å². The molecular weight excluding hydrogens is 927 g/mol. The SMILES string of the molecule is CCC(=O)c1ccc(C[C@@H](CN)N(C)C)c(C)c1.CCC(=O)c1ccc(C[C@@H](CNC(=O)CC(c2ccccn2)C2(C(F)(F)F)CC2)N(C)C)c(C)c1.O=C(O)CC(c1ccccn1)C1(C(F)(F)F)CC1.